The van der Waals surface area contributed by atoms with E-state index < -0.39 is 0 Å². The number of carbonyl (C=O) groups excluding carboxylic acids is 1. The minimum atomic E-state index is -0.356. The lowest BCUT2D eigenvalue weighted by Crippen LogP contribution is -2.37. The summed E-state index contributed by atoms with van der Waals surface area (Å²) in [7, 11) is 1.39. The molecule has 1 aromatic carbocycles. The first-order chi connectivity index (χ1) is 8.95. The molecule has 2 rings (SSSR count). The Morgan fingerprint density at radius 1 is 1.47 bits per heavy atom. The van der Waals surface area contributed by atoms with Gasteiger partial charge in [0.2, 0.25) is 0 Å². The zero-order valence-electron chi connectivity index (χ0n) is 11.9. The molecule has 1 aliphatic rings. The summed E-state index contributed by atoms with van der Waals surface area (Å²) in [6, 6.07) is 5.59. The summed E-state index contributed by atoms with van der Waals surface area (Å²) in [5.41, 5.74) is 8.04. The van der Waals surface area contributed by atoms with Gasteiger partial charge in [-0.1, -0.05) is 12.1 Å². The summed E-state index contributed by atoms with van der Waals surface area (Å²) >= 11 is 0. The molecule has 1 aliphatic heterocycles. The third kappa shape index (κ3) is 2.73. The number of likely N-dealkylation sites (tertiary alicyclic amines) is 1. The normalized spacial score (nSPS) is 18.5. The molecule has 19 heavy (non-hydrogen) atoms. The van der Waals surface area contributed by atoms with Crippen molar-refractivity contribution in [2.45, 2.75) is 38.8 Å². The van der Waals surface area contributed by atoms with Crippen LogP contribution in [0.15, 0.2) is 18.2 Å². The van der Waals surface area contributed by atoms with Crippen molar-refractivity contribution in [3.63, 3.8) is 0 Å². The predicted molar refractivity (Wildman–Crippen MR) is 75.9 cm³/mol. The van der Waals surface area contributed by atoms with Gasteiger partial charge in [-0.2, -0.15) is 0 Å². The minimum Gasteiger partial charge on any atom is -0.465 e. The van der Waals surface area contributed by atoms with Crippen molar-refractivity contribution in [1.29, 1.82) is 0 Å². The van der Waals surface area contributed by atoms with Crippen LogP contribution in [0.5, 0.6) is 0 Å². The Kier molecular flexibility index (Phi) is 3.80. The first-order valence-electron chi connectivity index (χ1n) is 6.66. The van der Waals surface area contributed by atoms with Gasteiger partial charge in [-0.05, 0) is 44.9 Å². The highest BCUT2D eigenvalue weighted by Gasteiger charge is 2.32. The number of rotatable bonds is 3. The Labute approximate surface area is 114 Å². The summed E-state index contributed by atoms with van der Waals surface area (Å²) < 4.78 is 4.84. The summed E-state index contributed by atoms with van der Waals surface area (Å²) in [4.78, 5) is 14.3. The van der Waals surface area contributed by atoms with E-state index in [9.17, 15) is 4.79 Å². The van der Waals surface area contributed by atoms with Crippen LogP contribution in [0.2, 0.25) is 0 Å². The molecule has 1 fully saturated rings. The molecule has 1 heterocycles. The topological polar surface area (TPSA) is 55.6 Å². The number of hydrogen-bond acceptors (Lipinski definition) is 4. The van der Waals surface area contributed by atoms with Crippen molar-refractivity contribution < 1.29 is 9.53 Å². The largest absolute Gasteiger partial charge is 0.465 e. The lowest BCUT2D eigenvalue weighted by molar-refractivity contribution is 0.0598. The molecule has 4 nitrogen and oxygen atoms in total. The number of esters is 1. The van der Waals surface area contributed by atoms with Crippen molar-refractivity contribution in [2.24, 2.45) is 0 Å². The van der Waals surface area contributed by atoms with Gasteiger partial charge in [0.1, 0.15) is 0 Å². The second-order valence-corrected chi connectivity index (χ2v) is 5.71. The number of methoxy groups -OCH3 is 1. The quantitative estimate of drug-likeness (QED) is 0.671. The van der Waals surface area contributed by atoms with E-state index in [2.05, 4.69) is 18.7 Å². The summed E-state index contributed by atoms with van der Waals surface area (Å²) in [5.74, 6) is -0.356. The van der Waals surface area contributed by atoms with Crippen molar-refractivity contribution >= 4 is 11.7 Å². The third-order valence-electron chi connectivity index (χ3n) is 4.01. The van der Waals surface area contributed by atoms with E-state index in [4.69, 9.17) is 10.5 Å². The lowest BCUT2D eigenvalue weighted by Gasteiger charge is -2.32. The number of benzene rings is 1. The van der Waals surface area contributed by atoms with E-state index in [1.807, 2.05) is 12.1 Å². The molecule has 1 aromatic rings. The molecule has 0 aromatic heterocycles. The maximum absolute atomic E-state index is 11.9. The highest BCUT2D eigenvalue weighted by atomic mass is 16.5. The Morgan fingerprint density at radius 2 is 2.21 bits per heavy atom. The van der Waals surface area contributed by atoms with Gasteiger partial charge in [-0.15, -0.1) is 0 Å². The van der Waals surface area contributed by atoms with Crippen LogP contribution >= 0.6 is 0 Å². The summed E-state index contributed by atoms with van der Waals surface area (Å²) in [6.07, 6.45) is 2.38. The van der Waals surface area contributed by atoms with E-state index in [0.29, 0.717) is 11.3 Å². The van der Waals surface area contributed by atoms with Gasteiger partial charge < -0.3 is 10.5 Å². The van der Waals surface area contributed by atoms with E-state index in [1.54, 1.807) is 6.07 Å². The smallest absolute Gasteiger partial charge is 0.340 e. The van der Waals surface area contributed by atoms with Gasteiger partial charge in [0, 0.05) is 17.8 Å². The SMILES string of the molecule is COC(=O)c1c(N)cccc1CN1CCCC1(C)C. The molecule has 0 bridgehead atoms. The molecule has 4 heteroatoms. The third-order valence-corrected chi connectivity index (χ3v) is 4.01. The van der Waals surface area contributed by atoms with Crippen LogP contribution in [0, 0.1) is 0 Å². The molecule has 0 radical (unpaired) electrons. The van der Waals surface area contributed by atoms with Crippen LogP contribution in [0.3, 0.4) is 0 Å². The molecule has 0 atom stereocenters. The number of nitrogen functional groups attached to an aromatic ring is 1. The van der Waals surface area contributed by atoms with E-state index in [-0.39, 0.29) is 11.5 Å². The van der Waals surface area contributed by atoms with Gasteiger partial charge in [0.05, 0.1) is 12.7 Å². The second-order valence-electron chi connectivity index (χ2n) is 5.71. The molecule has 0 unspecified atom stereocenters. The van der Waals surface area contributed by atoms with Gasteiger partial charge in [0.25, 0.3) is 0 Å². The molecule has 0 spiro atoms. The van der Waals surface area contributed by atoms with E-state index >= 15 is 0 Å². The van der Waals surface area contributed by atoms with Crippen LogP contribution in [-0.2, 0) is 11.3 Å². The summed E-state index contributed by atoms with van der Waals surface area (Å²) in [6.45, 7) is 6.28. The molecule has 104 valence electrons. The molecule has 0 amide bonds. The number of ether oxygens (including phenoxy) is 1. The molecule has 1 saturated heterocycles. The fraction of sp³-hybridized carbons (Fsp3) is 0.533. The first-order valence-corrected chi connectivity index (χ1v) is 6.66. The maximum atomic E-state index is 11.9. The molecular formula is C15H22N2O2. The Balaban J connectivity index is 2.30. The standard InChI is InChI=1S/C15H22N2O2/c1-15(2)8-5-9-17(15)10-11-6-4-7-12(16)13(11)14(18)19-3/h4,6-7H,5,8-10,16H2,1-3H3. The van der Waals surface area contributed by atoms with Crippen molar-refractivity contribution in [3.05, 3.63) is 29.3 Å². The molecule has 0 saturated carbocycles. The van der Waals surface area contributed by atoms with Crippen LogP contribution in [0.25, 0.3) is 0 Å². The molecular weight excluding hydrogens is 240 g/mol. The maximum Gasteiger partial charge on any atom is 0.340 e. The number of carbonyl (C=O) groups is 1. The van der Waals surface area contributed by atoms with Crippen LogP contribution < -0.4 is 5.73 Å². The zero-order chi connectivity index (χ0) is 14.0. The number of nitrogens with zero attached hydrogens (tertiary/aromatic N) is 1. The van der Waals surface area contributed by atoms with Crippen molar-refractivity contribution in [1.82, 2.24) is 4.90 Å². The zero-order valence-corrected chi connectivity index (χ0v) is 11.9. The van der Waals surface area contributed by atoms with E-state index in [0.717, 1.165) is 18.7 Å². The van der Waals surface area contributed by atoms with E-state index in [1.165, 1.54) is 20.0 Å². The average Bonchev–Trinajstić information content (AvgIpc) is 2.68. The molecule has 2 N–H and O–H groups in total. The number of nitrogens with two attached hydrogens (primary N) is 1. The Morgan fingerprint density at radius 3 is 2.79 bits per heavy atom. The highest BCUT2D eigenvalue weighted by molar-refractivity contribution is 5.96. The monoisotopic (exact) mass is 262 g/mol. The fourth-order valence-electron chi connectivity index (χ4n) is 2.76. The Hall–Kier alpha value is -1.55. The Bertz CT molecular complexity index is 483. The van der Waals surface area contributed by atoms with Gasteiger partial charge in [-0.3, -0.25) is 4.90 Å². The first kappa shape index (κ1) is 13.9. The van der Waals surface area contributed by atoms with Crippen LogP contribution in [0.4, 0.5) is 5.69 Å². The second kappa shape index (κ2) is 5.21. The average molecular weight is 262 g/mol. The molecule has 0 aliphatic carbocycles. The van der Waals surface area contributed by atoms with Crippen LogP contribution in [0.1, 0.15) is 42.6 Å². The van der Waals surface area contributed by atoms with Crippen molar-refractivity contribution in [2.75, 3.05) is 19.4 Å². The number of anilines is 1. The number of hydrogen-bond donors (Lipinski definition) is 1. The lowest BCUT2D eigenvalue weighted by atomic mass is 10.00. The minimum absolute atomic E-state index is 0.179. The summed E-state index contributed by atoms with van der Waals surface area (Å²) in [5, 5.41) is 0. The van der Waals surface area contributed by atoms with Gasteiger partial charge in [-0.25, -0.2) is 4.79 Å². The predicted octanol–water partition coefficient (Wildman–Crippen LogP) is 2.43. The van der Waals surface area contributed by atoms with Gasteiger partial charge >= 0.3 is 5.97 Å². The van der Waals surface area contributed by atoms with Crippen LogP contribution in [-0.4, -0.2) is 30.1 Å². The highest BCUT2D eigenvalue weighted by Crippen LogP contribution is 2.31. The fourth-order valence-corrected chi connectivity index (χ4v) is 2.76. The van der Waals surface area contributed by atoms with Gasteiger partial charge in [0.15, 0.2) is 0 Å². The van der Waals surface area contributed by atoms with Crippen molar-refractivity contribution in [3.8, 4) is 0 Å².